The van der Waals surface area contributed by atoms with Crippen LogP contribution in [-0.4, -0.2) is 33.8 Å². The topological polar surface area (TPSA) is 82.5 Å². The number of rotatable bonds is 7. The fraction of sp³-hybridized carbons (Fsp3) is 0.421. The Labute approximate surface area is 153 Å². The summed E-state index contributed by atoms with van der Waals surface area (Å²) in [5.41, 5.74) is 0.571. The monoisotopic (exact) mass is 359 g/mol. The van der Waals surface area contributed by atoms with Crippen LogP contribution in [0.4, 0.5) is 4.79 Å². The largest absolute Gasteiger partial charge is 0.487 e. The number of ketones is 1. The van der Waals surface area contributed by atoms with Gasteiger partial charge >= 0.3 is 6.09 Å². The third-order valence-corrected chi connectivity index (χ3v) is 3.31. The van der Waals surface area contributed by atoms with E-state index >= 15 is 0 Å². The van der Waals surface area contributed by atoms with E-state index in [0.717, 1.165) is 5.75 Å². The molecule has 0 saturated carbocycles. The van der Waals surface area contributed by atoms with Gasteiger partial charge in [-0.05, 0) is 39.0 Å². The van der Waals surface area contributed by atoms with Crippen LogP contribution in [0.2, 0.25) is 0 Å². The van der Waals surface area contributed by atoms with Crippen molar-refractivity contribution in [2.24, 2.45) is 0 Å². The summed E-state index contributed by atoms with van der Waals surface area (Å²) in [5.74, 6) is 0.638. The van der Waals surface area contributed by atoms with Gasteiger partial charge in [-0.3, -0.25) is 9.48 Å². The number of alkyl carbamates (subject to hydrolysis) is 1. The lowest BCUT2D eigenvalue weighted by molar-refractivity contribution is 0.0525. The first-order valence-electron chi connectivity index (χ1n) is 8.47. The number of aromatic nitrogens is 2. The number of hydrogen-bond donors (Lipinski definition) is 1. The van der Waals surface area contributed by atoms with Crippen molar-refractivity contribution >= 4 is 11.9 Å². The van der Waals surface area contributed by atoms with Gasteiger partial charge < -0.3 is 14.8 Å². The van der Waals surface area contributed by atoms with Crippen LogP contribution >= 0.6 is 0 Å². The molecule has 0 aliphatic rings. The van der Waals surface area contributed by atoms with Crippen LogP contribution in [0.15, 0.2) is 36.4 Å². The van der Waals surface area contributed by atoms with Crippen molar-refractivity contribution in [2.75, 3.05) is 6.54 Å². The SMILES string of the molecule is CC(=O)c1cc(COc2ccccc2)nn1CCNC(=O)OC(C)(C)C. The van der Waals surface area contributed by atoms with Crippen molar-refractivity contribution in [3.05, 3.63) is 47.8 Å². The lowest BCUT2D eigenvalue weighted by Gasteiger charge is -2.19. The van der Waals surface area contributed by atoms with E-state index < -0.39 is 11.7 Å². The highest BCUT2D eigenvalue weighted by Gasteiger charge is 2.16. The Morgan fingerprint density at radius 3 is 2.50 bits per heavy atom. The Balaban J connectivity index is 1.94. The molecular weight excluding hydrogens is 334 g/mol. The number of carbonyl (C=O) groups excluding carboxylic acids is 2. The van der Waals surface area contributed by atoms with Gasteiger partial charge in [0.1, 0.15) is 29.3 Å². The highest BCUT2D eigenvalue weighted by molar-refractivity contribution is 5.92. The first-order valence-corrected chi connectivity index (χ1v) is 8.47. The van der Waals surface area contributed by atoms with Crippen LogP contribution in [0.3, 0.4) is 0 Å². The Hall–Kier alpha value is -2.83. The second-order valence-electron chi connectivity index (χ2n) is 6.83. The second kappa shape index (κ2) is 8.51. The van der Waals surface area contributed by atoms with Gasteiger partial charge in [0.2, 0.25) is 0 Å². The van der Waals surface area contributed by atoms with Crippen LogP contribution in [0.5, 0.6) is 5.75 Å². The smallest absolute Gasteiger partial charge is 0.407 e. The number of amides is 1. The van der Waals surface area contributed by atoms with Crippen LogP contribution in [0, 0.1) is 0 Å². The van der Waals surface area contributed by atoms with Crippen molar-refractivity contribution in [1.82, 2.24) is 15.1 Å². The Kier molecular flexibility index (Phi) is 6.38. The van der Waals surface area contributed by atoms with E-state index in [4.69, 9.17) is 9.47 Å². The zero-order chi connectivity index (χ0) is 19.2. The Morgan fingerprint density at radius 2 is 1.88 bits per heavy atom. The maximum atomic E-state index is 11.8. The van der Waals surface area contributed by atoms with Gasteiger partial charge in [0.05, 0.1) is 6.54 Å². The van der Waals surface area contributed by atoms with Crippen molar-refractivity contribution in [1.29, 1.82) is 0 Å². The van der Waals surface area contributed by atoms with Gasteiger partial charge in [-0.15, -0.1) is 0 Å². The number of nitrogens with zero attached hydrogens (tertiary/aromatic N) is 2. The van der Waals surface area contributed by atoms with E-state index in [9.17, 15) is 9.59 Å². The van der Waals surface area contributed by atoms with Gasteiger partial charge in [0.15, 0.2) is 5.78 Å². The average Bonchev–Trinajstić information content (AvgIpc) is 2.96. The lowest BCUT2D eigenvalue weighted by atomic mass is 10.2. The molecule has 26 heavy (non-hydrogen) atoms. The van der Waals surface area contributed by atoms with Crippen LogP contribution in [0.25, 0.3) is 0 Å². The average molecular weight is 359 g/mol. The number of Topliss-reactive ketones (excluding diaryl/α,β-unsaturated/α-hetero) is 1. The molecule has 0 atom stereocenters. The molecule has 0 bridgehead atoms. The van der Waals surface area contributed by atoms with E-state index in [0.29, 0.717) is 24.5 Å². The zero-order valence-corrected chi connectivity index (χ0v) is 15.6. The number of ether oxygens (including phenoxy) is 2. The molecule has 7 heteroatoms. The summed E-state index contributed by atoms with van der Waals surface area (Å²) in [6, 6.07) is 11.1. The summed E-state index contributed by atoms with van der Waals surface area (Å²) in [4.78, 5) is 23.5. The fourth-order valence-corrected chi connectivity index (χ4v) is 2.25. The molecule has 0 saturated heterocycles. The molecule has 1 heterocycles. The first kappa shape index (κ1) is 19.5. The highest BCUT2D eigenvalue weighted by atomic mass is 16.6. The van der Waals surface area contributed by atoms with E-state index in [1.807, 2.05) is 30.3 Å². The number of carbonyl (C=O) groups is 2. The van der Waals surface area contributed by atoms with Gasteiger partial charge in [-0.25, -0.2) is 4.79 Å². The molecule has 1 amide bonds. The van der Waals surface area contributed by atoms with Crippen LogP contribution < -0.4 is 10.1 Å². The van der Waals surface area contributed by atoms with Gasteiger partial charge in [-0.2, -0.15) is 5.10 Å². The minimum atomic E-state index is -0.553. The maximum Gasteiger partial charge on any atom is 0.407 e. The molecule has 1 aromatic carbocycles. The maximum absolute atomic E-state index is 11.8. The highest BCUT2D eigenvalue weighted by Crippen LogP contribution is 2.13. The molecule has 2 aromatic rings. The number of benzene rings is 1. The molecule has 7 nitrogen and oxygen atoms in total. The Morgan fingerprint density at radius 1 is 1.19 bits per heavy atom. The molecule has 0 aliphatic heterocycles. The minimum absolute atomic E-state index is 0.0965. The van der Waals surface area contributed by atoms with Crippen molar-refractivity contribution in [2.45, 2.75) is 46.4 Å². The molecular formula is C19H25N3O4. The molecule has 0 fully saturated rings. The van der Waals surface area contributed by atoms with Crippen molar-refractivity contribution in [3.63, 3.8) is 0 Å². The second-order valence-corrected chi connectivity index (χ2v) is 6.83. The van der Waals surface area contributed by atoms with Gasteiger partial charge in [0.25, 0.3) is 0 Å². The van der Waals surface area contributed by atoms with Crippen molar-refractivity contribution < 1.29 is 19.1 Å². The third-order valence-electron chi connectivity index (χ3n) is 3.31. The number of para-hydroxylation sites is 1. The van der Waals surface area contributed by atoms with Crippen LogP contribution in [0.1, 0.15) is 43.9 Å². The van der Waals surface area contributed by atoms with E-state index in [-0.39, 0.29) is 12.4 Å². The first-order chi connectivity index (χ1) is 12.2. The zero-order valence-electron chi connectivity index (χ0n) is 15.6. The van der Waals surface area contributed by atoms with E-state index in [2.05, 4.69) is 10.4 Å². The predicted octanol–water partition coefficient (Wildman–Crippen LogP) is 3.19. The molecule has 1 N–H and O–H groups in total. The molecule has 0 radical (unpaired) electrons. The lowest BCUT2D eigenvalue weighted by Crippen LogP contribution is -2.34. The molecule has 0 unspecified atom stereocenters. The fourth-order valence-electron chi connectivity index (χ4n) is 2.25. The summed E-state index contributed by atoms with van der Waals surface area (Å²) in [5, 5.41) is 7.05. The molecule has 0 aliphatic carbocycles. The third kappa shape index (κ3) is 6.23. The van der Waals surface area contributed by atoms with Gasteiger partial charge in [0, 0.05) is 13.5 Å². The molecule has 1 aromatic heterocycles. The quantitative estimate of drug-likeness (QED) is 0.768. The van der Waals surface area contributed by atoms with Crippen LogP contribution in [-0.2, 0) is 17.9 Å². The summed E-state index contributed by atoms with van der Waals surface area (Å²) in [7, 11) is 0. The minimum Gasteiger partial charge on any atom is -0.487 e. The predicted molar refractivity (Wildman–Crippen MR) is 97.2 cm³/mol. The number of hydrogen-bond acceptors (Lipinski definition) is 5. The summed E-state index contributed by atoms with van der Waals surface area (Å²) in [6.07, 6.45) is -0.498. The summed E-state index contributed by atoms with van der Waals surface area (Å²) < 4.78 is 12.4. The van der Waals surface area contributed by atoms with E-state index in [1.165, 1.54) is 6.92 Å². The van der Waals surface area contributed by atoms with Crippen molar-refractivity contribution in [3.8, 4) is 5.75 Å². The number of nitrogens with one attached hydrogen (secondary N) is 1. The van der Waals surface area contributed by atoms with E-state index in [1.54, 1.807) is 31.5 Å². The summed E-state index contributed by atoms with van der Waals surface area (Å²) in [6.45, 7) is 7.80. The molecule has 0 spiro atoms. The Bertz CT molecular complexity index is 748. The summed E-state index contributed by atoms with van der Waals surface area (Å²) >= 11 is 0. The molecule has 140 valence electrons. The molecule has 2 rings (SSSR count). The van der Waals surface area contributed by atoms with Gasteiger partial charge in [-0.1, -0.05) is 18.2 Å². The normalized spacial score (nSPS) is 11.1. The standard InChI is InChI=1S/C19H25N3O4/c1-14(23)17-12-15(13-25-16-8-6-5-7-9-16)21-22(17)11-10-20-18(24)26-19(2,3)4/h5-9,12H,10-11,13H2,1-4H3,(H,20,24).